The number of carbonyl (C=O) groups excluding carboxylic acids is 3. The summed E-state index contributed by atoms with van der Waals surface area (Å²) < 4.78 is 0. The number of anilines is 2. The van der Waals surface area contributed by atoms with Gasteiger partial charge in [-0.1, -0.05) is 35.4 Å². The molecule has 0 aromatic heterocycles. The quantitative estimate of drug-likeness (QED) is 0.646. The van der Waals surface area contributed by atoms with Crippen LogP contribution in [0.4, 0.5) is 16.2 Å². The van der Waals surface area contributed by atoms with E-state index in [1.54, 1.807) is 43.4 Å². The van der Waals surface area contributed by atoms with Crippen LogP contribution < -0.4 is 9.80 Å². The average molecular weight is 310 g/mol. The van der Waals surface area contributed by atoms with E-state index in [9.17, 15) is 14.4 Å². The van der Waals surface area contributed by atoms with E-state index in [4.69, 9.17) is 0 Å². The highest BCUT2D eigenvalue weighted by Gasteiger charge is 2.26. The molecule has 0 N–H and O–H groups in total. The van der Waals surface area contributed by atoms with Gasteiger partial charge in [0, 0.05) is 12.7 Å². The van der Waals surface area contributed by atoms with Crippen molar-refractivity contribution in [2.45, 2.75) is 13.8 Å². The summed E-state index contributed by atoms with van der Waals surface area (Å²) in [5.74, 6) is -0.905. The molecule has 0 radical (unpaired) electrons. The van der Waals surface area contributed by atoms with Gasteiger partial charge in [0.1, 0.15) is 0 Å². The molecule has 0 saturated heterocycles. The molecule has 5 nitrogen and oxygen atoms in total. The summed E-state index contributed by atoms with van der Waals surface area (Å²) in [6.45, 7) is 3.84. The van der Waals surface area contributed by atoms with Crippen molar-refractivity contribution >= 4 is 29.6 Å². The van der Waals surface area contributed by atoms with Crippen molar-refractivity contribution in [3.8, 4) is 0 Å². The van der Waals surface area contributed by atoms with Crippen LogP contribution in [-0.2, 0) is 9.59 Å². The van der Waals surface area contributed by atoms with Gasteiger partial charge in [0.2, 0.25) is 6.29 Å². The number of amides is 3. The van der Waals surface area contributed by atoms with Gasteiger partial charge in [0.25, 0.3) is 5.91 Å². The minimum Gasteiger partial charge on any atom is -0.297 e. The molecule has 0 fully saturated rings. The van der Waals surface area contributed by atoms with E-state index >= 15 is 0 Å². The van der Waals surface area contributed by atoms with E-state index in [1.807, 2.05) is 26.0 Å². The number of benzene rings is 2. The molecule has 0 saturated carbocycles. The molecule has 0 aliphatic carbocycles. The number of rotatable bonds is 3. The third-order valence-corrected chi connectivity index (χ3v) is 3.51. The fourth-order valence-electron chi connectivity index (χ4n) is 2.11. The van der Waals surface area contributed by atoms with Crippen molar-refractivity contribution in [3.05, 3.63) is 59.7 Å². The number of urea groups is 1. The monoisotopic (exact) mass is 310 g/mol. The van der Waals surface area contributed by atoms with E-state index < -0.39 is 11.9 Å². The Hall–Kier alpha value is -2.95. The lowest BCUT2D eigenvalue weighted by Crippen LogP contribution is -2.45. The molecule has 3 amide bonds. The first-order valence-corrected chi connectivity index (χ1v) is 7.14. The van der Waals surface area contributed by atoms with Crippen LogP contribution in [0.15, 0.2) is 48.5 Å². The van der Waals surface area contributed by atoms with Gasteiger partial charge in [-0.3, -0.25) is 14.5 Å². The second-order valence-electron chi connectivity index (χ2n) is 5.30. The molecule has 0 heterocycles. The van der Waals surface area contributed by atoms with E-state index in [1.165, 1.54) is 4.90 Å². The van der Waals surface area contributed by atoms with Gasteiger partial charge >= 0.3 is 6.03 Å². The summed E-state index contributed by atoms with van der Waals surface area (Å²) in [6, 6.07) is 13.6. The highest BCUT2D eigenvalue weighted by atomic mass is 16.2. The van der Waals surface area contributed by atoms with Gasteiger partial charge < -0.3 is 0 Å². The third-order valence-electron chi connectivity index (χ3n) is 3.51. The summed E-state index contributed by atoms with van der Waals surface area (Å²) in [7, 11) is 1.56. The van der Waals surface area contributed by atoms with E-state index in [0.717, 1.165) is 16.0 Å². The summed E-state index contributed by atoms with van der Waals surface area (Å²) in [5, 5.41) is 0. The Morgan fingerprint density at radius 1 is 0.826 bits per heavy atom. The first-order chi connectivity index (χ1) is 10.9. The molecule has 0 spiro atoms. The largest absolute Gasteiger partial charge is 0.335 e. The third kappa shape index (κ3) is 3.63. The van der Waals surface area contributed by atoms with Gasteiger partial charge in [-0.15, -0.1) is 0 Å². The predicted molar refractivity (Wildman–Crippen MR) is 89.7 cm³/mol. The van der Waals surface area contributed by atoms with Gasteiger partial charge in [-0.05, 0) is 38.1 Å². The Bertz CT molecular complexity index is 721. The second kappa shape index (κ2) is 6.87. The van der Waals surface area contributed by atoms with Crippen molar-refractivity contribution in [2.75, 3.05) is 16.8 Å². The molecule has 0 unspecified atom stereocenters. The van der Waals surface area contributed by atoms with Gasteiger partial charge in [0.05, 0.1) is 5.69 Å². The zero-order valence-corrected chi connectivity index (χ0v) is 13.3. The topological polar surface area (TPSA) is 57.7 Å². The molecule has 0 atom stereocenters. The maximum Gasteiger partial charge on any atom is 0.335 e. The summed E-state index contributed by atoms with van der Waals surface area (Å²) in [6.07, 6.45) is 0.140. The number of hydrogen-bond acceptors (Lipinski definition) is 3. The number of aryl methyl sites for hydroxylation is 2. The predicted octanol–water partition coefficient (Wildman–Crippen LogP) is 3.09. The van der Waals surface area contributed by atoms with Crippen LogP contribution in [0.5, 0.6) is 0 Å². The molecular weight excluding hydrogens is 292 g/mol. The van der Waals surface area contributed by atoms with Gasteiger partial charge in [-0.25, -0.2) is 9.69 Å². The maximum atomic E-state index is 12.7. The molecule has 5 heteroatoms. The highest BCUT2D eigenvalue weighted by Crippen LogP contribution is 2.20. The highest BCUT2D eigenvalue weighted by molar-refractivity contribution is 6.38. The molecule has 2 aromatic carbocycles. The van der Waals surface area contributed by atoms with E-state index in [-0.39, 0.29) is 6.29 Å². The molecule has 0 aliphatic heterocycles. The lowest BCUT2D eigenvalue weighted by molar-refractivity contribution is -0.129. The smallest absolute Gasteiger partial charge is 0.297 e. The molecule has 2 aromatic rings. The first kappa shape index (κ1) is 16.4. The van der Waals surface area contributed by atoms with Crippen molar-refractivity contribution in [1.82, 2.24) is 0 Å². The number of nitrogens with zero attached hydrogens (tertiary/aromatic N) is 2. The number of aldehydes is 1. The summed E-state index contributed by atoms with van der Waals surface area (Å²) in [4.78, 5) is 37.8. The number of hydrogen-bond donors (Lipinski definition) is 0. The Morgan fingerprint density at radius 3 is 1.70 bits per heavy atom. The number of carbonyl (C=O) groups is 3. The minimum atomic E-state index is -0.905. The van der Waals surface area contributed by atoms with Crippen LogP contribution in [0, 0.1) is 13.8 Å². The molecule has 118 valence electrons. The summed E-state index contributed by atoms with van der Waals surface area (Å²) in [5.41, 5.74) is 3.05. The zero-order valence-electron chi connectivity index (χ0n) is 13.3. The first-order valence-electron chi connectivity index (χ1n) is 7.14. The second-order valence-corrected chi connectivity index (χ2v) is 5.30. The van der Waals surface area contributed by atoms with Gasteiger partial charge in [-0.2, -0.15) is 0 Å². The zero-order chi connectivity index (χ0) is 17.0. The SMILES string of the molecule is Cc1ccc(N(C)C(=O)N(C(=O)C=O)c2ccc(C)cc2)cc1. The van der Waals surface area contributed by atoms with E-state index in [0.29, 0.717) is 11.4 Å². The Kier molecular flexibility index (Phi) is 4.91. The Balaban J connectivity index is 2.36. The minimum absolute atomic E-state index is 0.140. The molecule has 23 heavy (non-hydrogen) atoms. The van der Waals surface area contributed by atoms with Crippen molar-refractivity contribution in [1.29, 1.82) is 0 Å². The standard InChI is InChI=1S/C18H18N2O3/c1-13-4-8-15(9-5-13)19(3)18(23)20(17(22)12-21)16-10-6-14(2)7-11-16/h4-12H,1-3H3. The molecule has 2 rings (SSSR count). The van der Waals surface area contributed by atoms with Crippen LogP contribution >= 0.6 is 0 Å². The molecule has 0 bridgehead atoms. The van der Waals surface area contributed by atoms with Crippen LogP contribution in [0.1, 0.15) is 11.1 Å². The van der Waals surface area contributed by atoms with Crippen molar-refractivity contribution in [2.24, 2.45) is 0 Å². The molecular formula is C18H18N2O3. The lowest BCUT2D eigenvalue weighted by Gasteiger charge is -2.25. The fourth-order valence-corrected chi connectivity index (χ4v) is 2.11. The van der Waals surface area contributed by atoms with Gasteiger partial charge in [0.15, 0.2) is 0 Å². The fraction of sp³-hybridized carbons (Fsp3) is 0.167. The van der Waals surface area contributed by atoms with Crippen LogP contribution in [0.25, 0.3) is 0 Å². The molecule has 0 aliphatic rings. The van der Waals surface area contributed by atoms with Crippen molar-refractivity contribution < 1.29 is 14.4 Å². The normalized spacial score (nSPS) is 10.0. The van der Waals surface area contributed by atoms with Crippen LogP contribution in [-0.4, -0.2) is 25.3 Å². The van der Waals surface area contributed by atoms with Crippen LogP contribution in [0.2, 0.25) is 0 Å². The Labute approximate surface area is 135 Å². The Morgan fingerprint density at radius 2 is 1.26 bits per heavy atom. The maximum absolute atomic E-state index is 12.7. The van der Waals surface area contributed by atoms with Crippen LogP contribution in [0.3, 0.4) is 0 Å². The average Bonchev–Trinajstić information content (AvgIpc) is 2.56. The number of imide groups is 1. The van der Waals surface area contributed by atoms with E-state index in [2.05, 4.69) is 0 Å². The lowest BCUT2D eigenvalue weighted by atomic mass is 10.2. The van der Waals surface area contributed by atoms with Crippen molar-refractivity contribution in [3.63, 3.8) is 0 Å². The summed E-state index contributed by atoms with van der Waals surface area (Å²) >= 11 is 0.